The highest BCUT2D eigenvalue weighted by Gasteiger charge is 2.27. The second kappa shape index (κ2) is 8.79. The van der Waals surface area contributed by atoms with E-state index in [0.29, 0.717) is 16.5 Å². The van der Waals surface area contributed by atoms with Crippen LogP contribution in [0.2, 0.25) is 0 Å². The van der Waals surface area contributed by atoms with E-state index in [9.17, 15) is 9.59 Å². The lowest BCUT2D eigenvalue weighted by Crippen LogP contribution is -2.37. The highest BCUT2D eigenvalue weighted by Crippen LogP contribution is 2.35. The van der Waals surface area contributed by atoms with Crippen molar-refractivity contribution >= 4 is 39.6 Å². The summed E-state index contributed by atoms with van der Waals surface area (Å²) in [4.78, 5) is 26.0. The fraction of sp³-hybridized carbons (Fsp3) is 0.474. The van der Waals surface area contributed by atoms with Crippen molar-refractivity contribution in [3.8, 4) is 0 Å². The number of ether oxygens (including phenoxy) is 1. The SMILES string of the molecule is CCOC(=O)c1sc(NC(=O)CNC(c2cccs2)C(C)(C)C)cc1C. The van der Waals surface area contributed by atoms with E-state index < -0.39 is 0 Å². The van der Waals surface area contributed by atoms with Crippen molar-refractivity contribution in [2.75, 3.05) is 18.5 Å². The number of carbonyl (C=O) groups is 2. The van der Waals surface area contributed by atoms with Gasteiger partial charge in [-0.3, -0.25) is 4.79 Å². The van der Waals surface area contributed by atoms with Gasteiger partial charge in [0.2, 0.25) is 5.91 Å². The van der Waals surface area contributed by atoms with Crippen LogP contribution in [0.15, 0.2) is 23.6 Å². The van der Waals surface area contributed by atoms with Crippen molar-refractivity contribution in [3.05, 3.63) is 38.9 Å². The predicted octanol–water partition coefficient (Wildman–Crippen LogP) is 4.61. The van der Waals surface area contributed by atoms with Gasteiger partial charge in [-0.15, -0.1) is 22.7 Å². The zero-order valence-electron chi connectivity index (χ0n) is 15.8. The summed E-state index contributed by atoms with van der Waals surface area (Å²) in [5.74, 6) is -0.480. The third-order valence-corrected chi connectivity index (χ3v) is 5.87. The maximum atomic E-state index is 12.3. The van der Waals surface area contributed by atoms with Gasteiger partial charge in [0.15, 0.2) is 0 Å². The summed E-state index contributed by atoms with van der Waals surface area (Å²) in [6.07, 6.45) is 0. The number of hydrogen-bond acceptors (Lipinski definition) is 6. The van der Waals surface area contributed by atoms with Crippen molar-refractivity contribution in [2.45, 2.75) is 40.7 Å². The lowest BCUT2D eigenvalue weighted by Gasteiger charge is -2.30. The van der Waals surface area contributed by atoms with Gasteiger partial charge in [-0.25, -0.2) is 4.79 Å². The van der Waals surface area contributed by atoms with Gasteiger partial charge in [0.1, 0.15) is 4.88 Å². The van der Waals surface area contributed by atoms with E-state index in [0.717, 1.165) is 5.56 Å². The molecule has 0 aliphatic rings. The number of carbonyl (C=O) groups excluding carboxylic acids is 2. The maximum Gasteiger partial charge on any atom is 0.348 e. The van der Waals surface area contributed by atoms with Gasteiger partial charge in [0.05, 0.1) is 18.2 Å². The Morgan fingerprint density at radius 2 is 2.04 bits per heavy atom. The second-order valence-corrected chi connectivity index (χ2v) is 9.12. The average Bonchev–Trinajstić information content (AvgIpc) is 3.16. The average molecular weight is 395 g/mol. The molecule has 0 fully saturated rings. The summed E-state index contributed by atoms with van der Waals surface area (Å²) in [6.45, 7) is 10.6. The minimum Gasteiger partial charge on any atom is -0.462 e. The molecule has 0 saturated heterocycles. The fourth-order valence-corrected chi connectivity index (χ4v) is 4.64. The van der Waals surface area contributed by atoms with Crippen molar-refractivity contribution in [1.82, 2.24) is 5.32 Å². The van der Waals surface area contributed by atoms with Gasteiger partial charge >= 0.3 is 5.97 Å². The summed E-state index contributed by atoms with van der Waals surface area (Å²) in [5, 5.41) is 8.92. The first-order chi connectivity index (χ1) is 12.2. The maximum absolute atomic E-state index is 12.3. The predicted molar refractivity (Wildman–Crippen MR) is 108 cm³/mol. The molecule has 0 aromatic carbocycles. The second-order valence-electron chi connectivity index (χ2n) is 7.09. The minimum absolute atomic E-state index is 0.0122. The van der Waals surface area contributed by atoms with Gasteiger partial charge in [-0.2, -0.15) is 0 Å². The molecule has 1 atom stereocenters. The van der Waals surface area contributed by atoms with E-state index in [4.69, 9.17) is 4.74 Å². The molecule has 5 nitrogen and oxygen atoms in total. The smallest absolute Gasteiger partial charge is 0.348 e. The molecule has 2 aromatic heterocycles. The standard InChI is InChI=1S/C19H26N2O3S2/c1-6-24-18(23)16-12(2)10-15(26-16)21-14(22)11-20-17(19(3,4)5)13-8-7-9-25-13/h7-10,17,20H,6,11H2,1-5H3,(H,21,22). The molecule has 142 valence electrons. The van der Waals surface area contributed by atoms with E-state index in [1.807, 2.05) is 18.4 Å². The molecular formula is C19H26N2O3S2. The van der Waals surface area contributed by atoms with Crippen LogP contribution in [0.3, 0.4) is 0 Å². The Labute approximate surface area is 162 Å². The Kier molecular flexibility index (Phi) is 6.97. The van der Waals surface area contributed by atoms with E-state index in [-0.39, 0.29) is 29.9 Å². The molecule has 0 aliphatic heterocycles. The molecule has 2 rings (SSSR count). The number of hydrogen-bond donors (Lipinski definition) is 2. The van der Waals surface area contributed by atoms with Gasteiger partial charge in [0.25, 0.3) is 0 Å². The van der Waals surface area contributed by atoms with Gasteiger partial charge in [-0.05, 0) is 42.3 Å². The molecule has 1 unspecified atom stereocenters. The fourth-order valence-electron chi connectivity index (χ4n) is 2.61. The molecule has 2 heterocycles. The van der Waals surface area contributed by atoms with E-state index in [1.54, 1.807) is 24.3 Å². The van der Waals surface area contributed by atoms with Crippen molar-refractivity contribution in [2.24, 2.45) is 5.41 Å². The van der Waals surface area contributed by atoms with Crippen LogP contribution >= 0.6 is 22.7 Å². The number of esters is 1. The van der Waals surface area contributed by atoms with Gasteiger partial charge in [0, 0.05) is 10.9 Å². The Bertz CT molecular complexity index is 745. The summed E-state index contributed by atoms with van der Waals surface area (Å²) >= 11 is 2.92. The molecule has 0 aliphatic carbocycles. The first kappa shape index (κ1) is 20.6. The van der Waals surface area contributed by atoms with Gasteiger partial charge < -0.3 is 15.4 Å². The molecular weight excluding hydrogens is 368 g/mol. The monoisotopic (exact) mass is 394 g/mol. The van der Waals surface area contributed by atoms with Crippen LogP contribution in [0.5, 0.6) is 0 Å². The third kappa shape index (κ3) is 5.40. The molecule has 1 amide bonds. The summed E-state index contributed by atoms with van der Waals surface area (Å²) < 4.78 is 5.03. The lowest BCUT2D eigenvalue weighted by molar-refractivity contribution is -0.115. The number of anilines is 1. The highest BCUT2D eigenvalue weighted by molar-refractivity contribution is 7.18. The Morgan fingerprint density at radius 3 is 2.62 bits per heavy atom. The molecule has 26 heavy (non-hydrogen) atoms. The number of amides is 1. The third-order valence-electron chi connectivity index (χ3n) is 3.80. The normalized spacial score (nSPS) is 12.7. The highest BCUT2D eigenvalue weighted by atomic mass is 32.1. The van der Waals surface area contributed by atoms with E-state index in [2.05, 4.69) is 37.5 Å². The van der Waals surface area contributed by atoms with E-state index in [1.165, 1.54) is 16.2 Å². The van der Waals surface area contributed by atoms with Crippen molar-refractivity contribution in [1.29, 1.82) is 0 Å². The summed E-state index contributed by atoms with van der Waals surface area (Å²) in [7, 11) is 0. The Hall–Kier alpha value is -1.70. The van der Waals surface area contributed by atoms with E-state index >= 15 is 0 Å². The summed E-state index contributed by atoms with van der Waals surface area (Å²) in [6, 6.07) is 5.99. The number of thiophene rings is 2. The van der Waals surface area contributed by atoms with Crippen LogP contribution in [-0.2, 0) is 9.53 Å². The molecule has 2 N–H and O–H groups in total. The molecule has 0 spiro atoms. The number of aryl methyl sites for hydroxylation is 1. The zero-order valence-corrected chi connectivity index (χ0v) is 17.5. The Balaban J connectivity index is 1.98. The van der Waals surface area contributed by atoms with Crippen LogP contribution < -0.4 is 10.6 Å². The Morgan fingerprint density at radius 1 is 1.31 bits per heavy atom. The lowest BCUT2D eigenvalue weighted by atomic mass is 9.86. The largest absolute Gasteiger partial charge is 0.462 e. The van der Waals surface area contributed by atoms with Crippen LogP contribution in [0.25, 0.3) is 0 Å². The molecule has 7 heteroatoms. The molecule has 0 saturated carbocycles. The first-order valence-corrected chi connectivity index (χ1v) is 10.3. The molecule has 2 aromatic rings. The molecule has 0 bridgehead atoms. The van der Waals surface area contributed by atoms with Crippen LogP contribution in [0.1, 0.15) is 53.8 Å². The zero-order chi connectivity index (χ0) is 19.3. The number of nitrogens with one attached hydrogen (secondary N) is 2. The van der Waals surface area contributed by atoms with Crippen molar-refractivity contribution < 1.29 is 14.3 Å². The van der Waals surface area contributed by atoms with Gasteiger partial charge in [-0.1, -0.05) is 26.8 Å². The van der Waals surface area contributed by atoms with Crippen LogP contribution in [-0.4, -0.2) is 25.0 Å². The minimum atomic E-state index is -0.348. The molecule has 0 radical (unpaired) electrons. The number of rotatable bonds is 7. The topological polar surface area (TPSA) is 67.4 Å². The quantitative estimate of drug-likeness (QED) is 0.673. The van der Waals surface area contributed by atoms with Crippen LogP contribution in [0, 0.1) is 12.3 Å². The first-order valence-electron chi connectivity index (χ1n) is 8.56. The summed E-state index contributed by atoms with van der Waals surface area (Å²) in [5.41, 5.74) is 0.796. The van der Waals surface area contributed by atoms with Crippen LogP contribution in [0.4, 0.5) is 5.00 Å². The van der Waals surface area contributed by atoms with Crippen molar-refractivity contribution in [3.63, 3.8) is 0 Å².